The number of nitrogens with two attached hydrogens (primary N) is 1. The van der Waals surface area contributed by atoms with Crippen LogP contribution in [0.2, 0.25) is 0 Å². The molecule has 1 fully saturated rings. The fraction of sp³-hybridized carbons (Fsp3) is 0.600. The predicted octanol–water partition coefficient (Wildman–Crippen LogP) is -1.97. The first kappa shape index (κ1) is 8.98. The van der Waals surface area contributed by atoms with Crippen LogP contribution in [0.3, 0.4) is 0 Å². The zero-order chi connectivity index (χ0) is 9.52. The molecule has 68 valence electrons. The third-order valence-electron chi connectivity index (χ3n) is 1.58. The van der Waals surface area contributed by atoms with Gasteiger partial charge in [-0.15, -0.1) is 0 Å². The molecule has 6 nitrogen and oxygen atoms in total. The van der Waals surface area contributed by atoms with Gasteiger partial charge in [-0.25, -0.2) is 12.7 Å². The second-order valence-electron chi connectivity index (χ2n) is 2.57. The van der Waals surface area contributed by atoms with Gasteiger partial charge in [0.15, 0.2) is 0 Å². The Morgan fingerprint density at radius 3 is 2.33 bits per heavy atom. The van der Waals surface area contributed by atoms with Crippen LogP contribution in [0.4, 0.5) is 0 Å². The van der Waals surface area contributed by atoms with Gasteiger partial charge in [-0.1, -0.05) is 0 Å². The molecule has 0 bridgehead atoms. The van der Waals surface area contributed by atoms with E-state index in [-0.39, 0.29) is 6.42 Å². The highest BCUT2D eigenvalue weighted by Crippen LogP contribution is 2.21. The number of primary amides is 1. The third-order valence-corrected chi connectivity index (χ3v) is 2.76. The molecule has 0 aliphatic carbocycles. The van der Waals surface area contributed by atoms with Crippen molar-refractivity contribution in [3.8, 4) is 0 Å². The number of carbonyl (C=O) groups excluding carboxylic acids is 2. The number of amides is 2. The van der Waals surface area contributed by atoms with Crippen LogP contribution < -0.4 is 5.73 Å². The van der Waals surface area contributed by atoms with Crippen molar-refractivity contribution in [2.24, 2.45) is 5.73 Å². The number of β-lactam (4-membered cyclic amide) rings is 1. The third kappa shape index (κ3) is 1.27. The van der Waals surface area contributed by atoms with Crippen molar-refractivity contribution in [1.82, 2.24) is 4.31 Å². The summed E-state index contributed by atoms with van der Waals surface area (Å²) in [5, 5.41) is 0. The molecule has 1 unspecified atom stereocenters. The molecule has 0 spiro atoms. The molecule has 1 rings (SSSR count). The largest absolute Gasteiger partial charge is 0.368 e. The van der Waals surface area contributed by atoms with Gasteiger partial charge in [-0.3, -0.25) is 9.59 Å². The normalized spacial score (nSPS) is 23.6. The van der Waals surface area contributed by atoms with E-state index in [1.807, 2.05) is 0 Å². The van der Waals surface area contributed by atoms with Crippen molar-refractivity contribution in [2.75, 3.05) is 6.26 Å². The molecule has 1 aliphatic rings. The van der Waals surface area contributed by atoms with E-state index in [2.05, 4.69) is 0 Å². The SMILES string of the molecule is CS(=O)(=O)N1C(=O)CC1C(N)=O. The fourth-order valence-corrected chi connectivity index (χ4v) is 2.12. The summed E-state index contributed by atoms with van der Waals surface area (Å²) in [4.78, 5) is 21.3. The molecule has 0 aromatic rings. The number of hydrogen-bond donors (Lipinski definition) is 1. The van der Waals surface area contributed by atoms with Crippen molar-refractivity contribution in [2.45, 2.75) is 12.5 Å². The van der Waals surface area contributed by atoms with E-state index in [4.69, 9.17) is 5.73 Å². The van der Waals surface area contributed by atoms with E-state index < -0.39 is 27.9 Å². The van der Waals surface area contributed by atoms with Gasteiger partial charge in [0.05, 0.1) is 12.7 Å². The van der Waals surface area contributed by atoms with Gasteiger partial charge in [-0.05, 0) is 0 Å². The molecule has 7 heteroatoms. The summed E-state index contributed by atoms with van der Waals surface area (Å²) in [6, 6.07) is -0.979. The summed E-state index contributed by atoms with van der Waals surface area (Å²) >= 11 is 0. The average Bonchev–Trinajstić information content (AvgIpc) is 1.77. The molecule has 0 saturated carbocycles. The van der Waals surface area contributed by atoms with Gasteiger partial charge in [0.25, 0.3) is 0 Å². The lowest BCUT2D eigenvalue weighted by atomic mass is 10.1. The van der Waals surface area contributed by atoms with Gasteiger partial charge < -0.3 is 5.73 Å². The lowest BCUT2D eigenvalue weighted by molar-refractivity contribution is -0.144. The molecule has 2 amide bonds. The first-order valence-electron chi connectivity index (χ1n) is 3.15. The van der Waals surface area contributed by atoms with E-state index >= 15 is 0 Å². The standard InChI is InChI=1S/C5H8N2O4S/c1-12(10,11)7-3(5(6)9)2-4(7)8/h3H,2H2,1H3,(H2,6,9). The van der Waals surface area contributed by atoms with E-state index in [0.29, 0.717) is 4.31 Å². The minimum absolute atomic E-state index is 0.109. The van der Waals surface area contributed by atoms with Gasteiger partial charge in [-0.2, -0.15) is 0 Å². The first-order chi connectivity index (χ1) is 5.34. The Morgan fingerprint density at radius 2 is 2.17 bits per heavy atom. The lowest BCUT2D eigenvalue weighted by Gasteiger charge is -2.35. The molecular formula is C5H8N2O4S. The van der Waals surface area contributed by atoms with Crippen LogP contribution in [0, 0.1) is 0 Å². The second-order valence-corrected chi connectivity index (χ2v) is 4.43. The molecule has 0 radical (unpaired) electrons. The van der Waals surface area contributed by atoms with Crippen LogP contribution in [0.15, 0.2) is 0 Å². The Labute approximate surface area is 69.4 Å². The summed E-state index contributed by atoms with van der Waals surface area (Å²) in [6.07, 6.45) is 0.752. The molecule has 1 saturated heterocycles. The van der Waals surface area contributed by atoms with Crippen LogP contribution >= 0.6 is 0 Å². The highest BCUT2D eigenvalue weighted by atomic mass is 32.2. The van der Waals surface area contributed by atoms with Gasteiger partial charge in [0.1, 0.15) is 6.04 Å². The molecule has 1 atom stereocenters. The molecule has 2 N–H and O–H groups in total. The minimum Gasteiger partial charge on any atom is -0.368 e. The monoisotopic (exact) mass is 192 g/mol. The Bertz CT molecular complexity index is 333. The minimum atomic E-state index is -3.63. The molecule has 0 aromatic heterocycles. The van der Waals surface area contributed by atoms with Gasteiger partial charge >= 0.3 is 0 Å². The Balaban J connectivity index is 2.90. The summed E-state index contributed by atoms with van der Waals surface area (Å²) in [5.41, 5.74) is 4.85. The summed E-state index contributed by atoms with van der Waals surface area (Å²) in [6.45, 7) is 0. The maximum atomic E-state index is 10.8. The zero-order valence-electron chi connectivity index (χ0n) is 6.35. The van der Waals surface area contributed by atoms with Crippen LogP contribution in [0.1, 0.15) is 6.42 Å². The van der Waals surface area contributed by atoms with E-state index in [0.717, 1.165) is 6.26 Å². The first-order valence-corrected chi connectivity index (χ1v) is 5.00. The Morgan fingerprint density at radius 1 is 1.67 bits per heavy atom. The van der Waals surface area contributed by atoms with Crippen LogP contribution in [-0.4, -0.2) is 36.8 Å². The molecule has 12 heavy (non-hydrogen) atoms. The van der Waals surface area contributed by atoms with E-state index in [1.165, 1.54) is 0 Å². The molecule has 1 heterocycles. The van der Waals surface area contributed by atoms with Crippen molar-refractivity contribution in [3.05, 3.63) is 0 Å². The van der Waals surface area contributed by atoms with Crippen LogP contribution in [0.25, 0.3) is 0 Å². The zero-order valence-corrected chi connectivity index (χ0v) is 7.17. The lowest BCUT2D eigenvalue weighted by Crippen LogP contribution is -2.60. The van der Waals surface area contributed by atoms with Gasteiger partial charge in [0.2, 0.25) is 21.8 Å². The maximum absolute atomic E-state index is 10.8. The second kappa shape index (κ2) is 2.44. The van der Waals surface area contributed by atoms with Crippen LogP contribution in [0.5, 0.6) is 0 Å². The van der Waals surface area contributed by atoms with Crippen molar-refractivity contribution >= 4 is 21.8 Å². The number of carbonyl (C=O) groups is 2. The number of hydrogen-bond acceptors (Lipinski definition) is 4. The van der Waals surface area contributed by atoms with Crippen molar-refractivity contribution in [1.29, 1.82) is 0 Å². The predicted molar refractivity (Wildman–Crippen MR) is 39.3 cm³/mol. The molecular weight excluding hydrogens is 184 g/mol. The van der Waals surface area contributed by atoms with Crippen LogP contribution in [-0.2, 0) is 19.6 Å². The van der Waals surface area contributed by atoms with Crippen molar-refractivity contribution < 1.29 is 18.0 Å². The summed E-state index contributed by atoms with van der Waals surface area (Å²) in [7, 11) is -3.63. The highest BCUT2D eigenvalue weighted by Gasteiger charge is 2.45. The summed E-state index contributed by atoms with van der Waals surface area (Å²) < 4.78 is 22.2. The smallest absolute Gasteiger partial charge is 0.241 e. The van der Waals surface area contributed by atoms with Crippen molar-refractivity contribution in [3.63, 3.8) is 0 Å². The maximum Gasteiger partial charge on any atom is 0.241 e. The Kier molecular flexibility index (Phi) is 1.83. The molecule has 0 aromatic carbocycles. The number of rotatable bonds is 2. The fourth-order valence-electron chi connectivity index (χ4n) is 1.03. The topological polar surface area (TPSA) is 97.5 Å². The Hall–Kier alpha value is -1.11. The molecule has 1 aliphatic heterocycles. The number of nitrogens with zero attached hydrogens (tertiary/aromatic N) is 1. The van der Waals surface area contributed by atoms with E-state index in [1.54, 1.807) is 0 Å². The quantitative estimate of drug-likeness (QED) is 0.513. The van der Waals surface area contributed by atoms with E-state index in [9.17, 15) is 18.0 Å². The van der Waals surface area contributed by atoms with Gasteiger partial charge in [0, 0.05) is 0 Å². The highest BCUT2D eigenvalue weighted by molar-refractivity contribution is 7.89. The average molecular weight is 192 g/mol. The number of sulfonamides is 1. The summed E-state index contributed by atoms with van der Waals surface area (Å²) in [5.74, 6) is -1.37.